The molecule has 2 N–H and O–H groups in total. The van der Waals surface area contributed by atoms with Crippen LogP contribution in [0, 0.1) is 0 Å². The summed E-state index contributed by atoms with van der Waals surface area (Å²) in [5.41, 5.74) is 1.25. The minimum absolute atomic E-state index is 0.237. The van der Waals surface area contributed by atoms with E-state index < -0.39 is 18.0 Å². The molecule has 1 atom stereocenters. The van der Waals surface area contributed by atoms with Gasteiger partial charge in [0.2, 0.25) is 0 Å². The lowest BCUT2D eigenvalue weighted by molar-refractivity contribution is -0.143. The first-order valence-electron chi connectivity index (χ1n) is 7.52. The van der Waals surface area contributed by atoms with Crippen molar-refractivity contribution in [2.24, 2.45) is 0 Å². The summed E-state index contributed by atoms with van der Waals surface area (Å²) in [6, 6.07) is 4.35. The molecule has 128 valence electrons. The molecule has 0 bridgehead atoms. The van der Waals surface area contributed by atoms with E-state index in [1.165, 1.54) is 0 Å². The number of fused-ring (bicyclic) bond motifs is 1. The molecule has 0 unspecified atom stereocenters. The number of hydrogen-bond donors (Lipinski definition) is 2. The molecule has 1 aliphatic rings. The maximum Gasteiger partial charge on any atom is 0.325 e. The SMILES string of the molecule is O=C(O)Cn1cc([C@@H](C(=O)O)N2CCSCC2)c2ccc(Cl)cc21. The Hall–Kier alpha value is -1.70. The van der Waals surface area contributed by atoms with Gasteiger partial charge in [0.1, 0.15) is 12.6 Å². The Morgan fingerprint density at radius 1 is 1.25 bits per heavy atom. The van der Waals surface area contributed by atoms with Crippen molar-refractivity contribution in [3.8, 4) is 0 Å². The van der Waals surface area contributed by atoms with E-state index in [2.05, 4.69) is 0 Å². The fraction of sp³-hybridized carbons (Fsp3) is 0.375. The molecule has 0 radical (unpaired) electrons. The summed E-state index contributed by atoms with van der Waals surface area (Å²) < 4.78 is 1.55. The Bertz CT molecular complexity index is 786. The topological polar surface area (TPSA) is 82.8 Å². The summed E-state index contributed by atoms with van der Waals surface area (Å²) in [5.74, 6) is -0.127. The second kappa shape index (κ2) is 7.04. The monoisotopic (exact) mass is 368 g/mol. The van der Waals surface area contributed by atoms with Gasteiger partial charge in [-0.1, -0.05) is 17.7 Å². The number of carboxylic acids is 2. The molecule has 24 heavy (non-hydrogen) atoms. The lowest BCUT2D eigenvalue weighted by atomic mass is 10.0. The summed E-state index contributed by atoms with van der Waals surface area (Å²) in [4.78, 5) is 25.0. The predicted octanol–water partition coefficient (Wildman–Crippen LogP) is 2.55. The van der Waals surface area contributed by atoms with Gasteiger partial charge in [-0.05, 0) is 12.1 Å². The van der Waals surface area contributed by atoms with Gasteiger partial charge >= 0.3 is 11.9 Å². The van der Waals surface area contributed by atoms with E-state index in [4.69, 9.17) is 16.7 Å². The zero-order valence-electron chi connectivity index (χ0n) is 12.8. The van der Waals surface area contributed by atoms with E-state index in [9.17, 15) is 14.7 Å². The molecule has 6 nitrogen and oxygen atoms in total. The number of aliphatic carboxylic acids is 2. The van der Waals surface area contributed by atoms with Crippen LogP contribution < -0.4 is 0 Å². The van der Waals surface area contributed by atoms with Crippen LogP contribution in [0.2, 0.25) is 5.02 Å². The van der Waals surface area contributed by atoms with E-state index in [0.717, 1.165) is 16.9 Å². The Morgan fingerprint density at radius 2 is 1.96 bits per heavy atom. The maximum atomic E-state index is 11.9. The predicted molar refractivity (Wildman–Crippen MR) is 93.9 cm³/mol. The minimum Gasteiger partial charge on any atom is -0.480 e. The molecule has 1 aromatic heterocycles. The first kappa shape index (κ1) is 17.1. The number of carboxylic acid groups (broad SMARTS) is 2. The zero-order chi connectivity index (χ0) is 17.3. The van der Waals surface area contributed by atoms with Gasteiger partial charge in [0.25, 0.3) is 0 Å². The summed E-state index contributed by atoms with van der Waals surface area (Å²) in [7, 11) is 0. The van der Waals surface area contributed by atoms with Gasteiger partial charge < -0.3 is 14.8 Å². The number of nitrogens with zero attached hydrogens (tertiary/aromatic N) is 2. The molecule has 0 aliphatic carbocycles. The van der Waals surface area contributed by atoms with Crippen molar-refractivity contribution in [3.63, 3.8) is 0 Å². The maximum absolute atomic E-state index is 11.9. The number of aromatic nitrogens is 1. The molecule has 3 rings (SSSR count). The number of halogens is 1. The van der Waals surface area contributed by atoms with Gasteiger partial charge in [-0.2, -0.15) is 11.8 Å². The molecule has 8 heteroatoms. The number of benzene rings is 1. The Kier molecular flexibility index (Phi) is 5.03. The summed E-state index contributed by atoms with van der Waals surface area (Å²) >= 11 is 7.84. The van der Waals surface area contributed by atoms with Crippen LogP contribution in [0.5, 0.6) is 0 Å². The van der Waals surface area contributed by atoms with E-state index in [-0.39, 0.29) is 6.54 Å². The molecule has 0 saturated carbocycles. The van der Waals surface area contributed by atoms with E-state index in [0.29, 0.717) is 29.2 Å². The molecule has 1 saturated heterocycles. The molecule has 0 amide bonds. The molecule has 2 aromatic rings. The molecule has 0 spiro atoms. The van der Waals surface area contributed by atoms with Crippen molar-refractivity contribution in [2.75, 3.05) is 24.6 Å². The average Bonchev–Trinajstić information content (AvgIpc) is 2.85. The second-order valence-electron chi connectivity index (χ2n) is 5.66. The lowest BCUT2D eigenvalue weighted by Gasteiger charge is -2.31. The summed E-state index contributed by atoms with van der Waals surface area (Å²) in [6.45, 7) is 1.15. The Balaban J connectivity index is 2.12. The van der Waals surface area contributed by atoms with Crippen LogP contribution in [0.25, 0.3) is 10.9 Å². The highest BCUT2D eigenvalue weighted by molar-refractivity contribution is 7.99. The van der Waals surface area contributed by atoms with Gasteiger partial charge in [0.05, 0.1) is 5.52 Å². The fourth-order valence-corrected chi connectivity index (χ4v) is 4.21. The van der Waals surface area contributed by atoms with Crippen LogP contribution in [0.1, 0.15) is 11.6 Å². The third-order valence-corrected chi connectivity index (χ3v) is 5.30. The van der Waals surface area contributed by atoms with Crippen molar-refractivity contribution in [1.29, 1.82) is 0 Å². The van der Waals surface area contributed by atoms with Crippen LogP contribution in [0.3, 0.4) is 0 Å². The van der Waals surface area contributed by atoms with Crippen molar-refractivity contribution in [3.05, 3.63) is 35.0 Å². The number of rotatable bonds is 5. The molecular weight excluding hydrogens is 352 g/mol. The average molecular weight is 369 g/mol. The Morgan fingerprint density at radius 3 is 2.58 bits per heavy atom. The van der Waals surface area contributed by atoms with Crippen molar-refractivity contribution >= 4 is 46.2 Å². The van der Waals surface area contributed by atoms with E-state index >= 15 is 0 Å². The van der Waals surface area contributed by atoms with E-state index in [1.54, 1.807) is 29.0 Å². The molecule has 2 heterocycles. The standard InChI is InChI=1S/C16H17ClN2O4S/c17-10-1-2-11-12(8-19(9-14(20)21)13(11)7-10)15(16(22)23)18-3-5-24-6-4-18/h1-2,7-8,15H,3-6,9H2,(H,20,21)(H,22,23)/t15-/m0/s1. The van der Waals surface area contributed by atoms with Gasteiger partial charge in [-0.15, -0.1) is 0 Å². The first-order valence-corrected chi connectivity index (χ1v) is 9.05. The largest absolute Gasteiger partial charge is 0.480 e. The van der Waals surface area contributed by atoms with Gasteiger partial charge in [-0.3, -0.25) is 14.5 Å². The second-order valence-corrected chi connectivity index (χ2v) is 7.32. The quantitative estimate of drug-likeness (QED) is 0.844. The third kappa shape index (κ3) is 3.38. The van der Waals surface area contributed by atoms with Crippen LogP contribution in [-0.2, 0) is 16.1 Å². The highest BCUT2D eigenvalue weighted by atomic mass is 35.5. The minimum atomic E-state index is -0.986. The highest BCUT2D eigenvalue weighted by Crippen LogP contribution is 2.33. The third-order valence-electron chi connectivity index (χ3n) is 4.12. The van der Waals surface area contributed by atoms with Crippen molar-refractivity contribution in [1.82, 2.24) is 9.47 Å². The molecule has 1 aromatic carbocycles. The highest BCUT2D eigenvalue weighted by Gasteiger charge is 2.31. The van der Waals surface area contributed by atoms with Gasteiger partial charge in [-0.25, -0.2) is 0 Å². The van der Waals surface area contributed by atoms with Crippen molar-refractivity contribution in [2.45, 2.75) is 12.6 Å². The van der Waals surface area contributed by atoms with Crippen LogP contribution >= 0.6 is 23.4 Å². The van der Waals surface area contributed by atoms with Gasteiger partial charge in [0, 0.05) is 46.8 Å². The van der Waals surface area contributed by atoms with E-state index in [1.807, 2.05) is 16.7 Å². The number of carbonyl (C=O) groups is 2. The fourth-order valence-electron chi connectivity index (χ4n) is 3.11. The van der Waals surface area contributed by atoms with Gasteiger partial charge in [0.15, 0.2) is 0 Å². The van der Waals surface area contributed by atoms with Crippen molar-refractivity contribution < 1.29 is 19.8 Å². The van der Waals surface area contributed by atoms with Crippen LogP contribution in [0.4, 0.5) is 0 Å². The van der Waals surface area contributed by atoms with Crippen LogP contribution in [-0.4, -0.2) is 56.2 Å². The normalized spacial score (nSPS) is 17.0. The number of thioether (sulfide) groups is 1. The molecular formula is C16H17ClN2O4S. The molecule has 1 aliphatic heterocycles. The first-order chi connectivity index (χ1) is 11.5. The lowest BCUT2D eigenvalue weighted by Crippen LogP contribution is -2.39. The summed E-state index contributed by atoms with van der Waals surface area (Å²) in [6.07, 6.45) is 1.63. The number of hydrogen-bond acceptors (Lipinski definition) is 4. The Labute approximate surface area is 148 Å². The van der Waals surface area contributed by atoms with Crippen LogP contribution in [0.15, 0.2) is 24.4 Å². The summed E-state index contributed by atoms with van der Waals surface area (Å²) in [5, 5.41) is 20.1. The zero-order valence-corrected chi connectivity index (χ0v) is 14.4. The smallest absolute Gasteiger partial charge is 0.325 e. The molecule has 1 fully saturated rings.